The van der Waals surface area contributed by atoms with Gasteiger partial charge in [-0.05, 0) is 0 Å². The van der Waals surface area contributed by atoms with Gasteiger partial charge in [0, 0.05) is 0 Å². The molecule has 92 valence electrons. The van der Waals surface area contributed by atoms with Crippen LogP contribution in [0.3, 0.4) is 0 Å². The monoisotopic (exact) mass is 294 g/mol. The molecule has 0 spiro atoms. The summed E-state index contributed by atoms with van der Waals surface area (Å²) in [7, 11) is 0. The fraction of sp³-hybridized carbons (Fsp3) is 1.00. The zero-order valence-corrected chi connectivity index (χ0v) is 13.8. The molecule has 0 N–H and O–H groups in total. The maximum atomic E-state index is 4.38. The van der Waals surface area contributed by atoms with E-state index in [-0.39, 0.29) is 0 Å². The fourth-order valence-electron chi connectivity index (χ4n) is 3.52. The van der Waals surface area contributed by atoms with Crippen molar-refractivity contribution in [3.63, 3.8) is 0 Å². The topological polar surface area (TPSA) is 0 Å². The summed E-state index contributed by atoms with van der Waals surface area (Å²) in [6.45, 7) is 14.7. The van der Waals surface area contributed by atoms with Crippen LogP contribution in [-0.4, -0.2) is 22.6 Å². The molecule has 0 aromatic carbocycles. The van der Waals surface area contributed by atoms with Crippen LogP contribution in [0.4, 0.5) is 0 Å². The van der Waals surface area contributed by atoms with E-state index in [0.29, 0.717) is 10.3 Å². The minimum absolute atomic E-state index is 0.435. The van der Waals surface area contributed by atoms with Crippen molar-refractivity contribution in [3.8, 4) is 0 Å². The van der Waals surface area contributed by atoms with Gasteiger partial charge in [-0.1, -0.05) is 0 Å². The molecule has 1 rings (SSSR count). The molecule has 1 saturated heterocycles. The van der Waals surface area contributed by atoms with Crippen molar-refractivity contribution in [3.05, 3.63) is 0 Å². The van der Waals surface area contributed by atoms with Gasteiger partial charge in [0.2, 0.25) is 0 Å². The number of hydrogen-bond acceptors (Lipinski definition) is 0. The van der Waals surface area contributed by atoms with Crippen molar-refractivity contribution in [1.29, 1.82) is 0 Å². The first kappa shape index (κ1) is 14.0. The van der Waals surface area contributed by atoms with Gasteiger partial charge >= 0.3 is 104 Å². The third-order valence-corrected chi connectivity index (χ3v) is 22.0. The number of rotatable bonds is 0. The first-order valence-corrected chi connectivity index (χ1v) is 10.9. The molecule has 2 heteroatoms. The quantitative estimate of drug-likeness (QED) is 0.508. The van der Waals surface area contributed by atoms with Crippen molar-refractivity contribution in [2.75, 3.05) is 12.3 Å². The van der Waals surface area contributed by atoms with E-state index in [4.69, 9.17) is 0 Å². The van der Waals surface area contributed by atoms with Crippen molar-refractivity contribution in [2.24, 2.45) is 0 Å². The second kappa shape index (κ2) is 3.70. The Morgan fingerprint density at radius 3 is 1.27 bits per heavy atom. The van der Waals surface area contributed by atoms with Crippen molar-refractivity contribution < 1.29 is 0 Å². The summed E-state index contributed by atoms with van der Waals surface area (Å²) in [5.41, 5.74) is 0. The molecular formula is C13H28BrP. The van der Waals surface area contributed by atoms with E-state index in [2.05, 4.69) is 57.0 Å². The summed E-state index contributed by atoms with van der Waals surface area (Å²) in [5, 5.41) is -0.890. The third-order valence-electron chi connectivity index (χ3n) is 4.82. The molecule has 0 amide bonds. The fourth-order valence-corrected chi connectivity index (χ4v) is 11.7. The molecule has 0 aromatic heterocycles. The first-order valence-electron chi connectivity index (χ1n) is 6.25. The average Bonchev–Trinajstić information content (AvgIpc) is 2.01. The summed E-state index contributed by atoms with van der Waals surface area (Å²) in [5.74, 6) is 0. The van der Waals surface area contributed by atoms with Gasteiger partial charge in [0.15, 0.2) is 0 Å². The Kier molecular flexibility index (Phi) is 3.45. The van der Waals surface area contributed by atoms with Crippen LogP contribution in [0.2, 0.25) is 0 Å². The Hall–Kier alpha value is 0.910. The zero-order valence-electron chi connectivity index (χ0n) is 11.4. The molecule has 1 aliphatic heterocycles. The van der Waals surface area contributed by atoms with Gasteiger partial charge in [0.05, 0.1) is 0 Å². The van der Waals surface area contributed by atoms with Gasteiger partial charge in [0.1, 0.15) is 0 Å². The second-order valence-electron chi connectivity index (χ2n) is 7.23. The SMILES string of the molecule is CC(C)(C)P1(Br)(C(C)(C)C)CCCCC1. The number of hydrogen-bond donors (Lipinski definition) is 0. The molecule has 0 nitrogen and oxygen atoms in total. The summed E-state index contributed by atoms with van der Waals surface area (Å²) in [6, 6.07) is 0. The van der Waals surface area contributed by atoms with Crippen LogP contribution in [-0.2, 0) is 0 Å². The van der Waals surface area contributed by atoms with E-state index in [1.807, 2.05) is 0 Å². The van der Waals surface area contributed by atoms with Crippen LogP contribution in [0.1, 0.15) is 60.8 Å². The zero-order chi connectivity index (χ0) is 12.0. The van der Waals surface area contributed by atoms with E-state index in [9.17, 15) is 0 Å². The van der Waals surface area contributed by atoms with Crippen molar-refractivity contribution in [1.82, 2.24) is 0 Å². The van der Waals surface area contributed by atoms with Gasteiger partial charge in [-0.3, -0.25) is 0 Å². The van der Waals surface area contributed by atoms with Crippen LogP contribution in [0.15, 0.2) is 0 Å². The van der Waals surface area contributed by atoms with Gasteiger partial charge in [-0.15, -0.1) is 0 Å². The van der Waals surface area contributed by atoms with Gasteiger partial charge in [0.25, 0.3) is 0 Å². The van der Waals surface area contributed by atoms with E-state index >= 15 is 0 Å². The maximum absolute atomic E-state index is 4.38. The van der Waals surface area contributed by atoms with Crippen LogP contribution in [0.5, 0.6) is 0 Å². The summed E-state index contributed by atoms with van der Waals surface area (Å²) in [4.78, 5) is 0. The molecule has 0 radical (unpaired) electrons. The summed E-state index contributed by atoms with van der Waals surface area (Å²) < 4.78 is 0. The Morgan fingerprint density at radius 1 is 0.733 bits per heavy atom. The van der Waals surface area contributed by atoms with Crippen LogP contribution < -0.4 is 0 Å². The van der Waals surface area contributed by atoms with Crippen LogP contribution in [0.25, 0.3) is 0 Å². The minimum atomic E-state index is -1.76. The average molecular weight is 295 g/mol. The standard InChI is InChI=1S/C13H28BrP/c1-12(2,3)15(14,13(4,5)6)10-8-7-9-11-15/h7-11H2,1-6H3. The van der Waals surface area contributed by atoms with E-state index in [1.165, 1.54) is 31.6 Å². The predicted molar refractivity (Wildman–Crippen MR) is 78.9 cm³/mol. The molecule has 0 saturated carbocycles. The third kappa shape index (κ3) is 1.82. The molecule has 0 aliphatic carbocycles. The molecule has 15 heavy (non-hydrogen) atoms. The Labute approximate surface area is 104 Å². The van der Waals surface area contributed by atoms with E-state index in [1.54, 1.807) is 0 Å². The van der Waals surface area contributed by atoms with Crippen LogP contribution >= 0.6 is 20.8 Å². The molecule has 1 fully saturated rings. The summed E-state index contributed by atoms with van der Waals surface area (Å²) >= 11 is 4.38. The predicted octanol–water partition coefficient (Wildman–Crippen LogP) is 5.63. The normalized spacial score (nSPS) is 29.1. The molecule has 0 atom stereocenters. The molecule has 1 heterocycles. The molecule has 1 aliphatic rings. The van der Waals surface area contributed by atoms with Gasteiger partial charge < -0.3 is 0 Å². The molecule has 0 unspecified atom stereocenters. The molecule has 0 bridgehead atoms. The Bertz CT molecular complexity index is 220. The summed E-state index contributed by atoms with van der Waals surface area (Å²) in [6.07, 6.45) is 7.18. The second-order valence-corrected chi connectivity index (χ2v) is 18.7. The molecule has 0 aromatic rings. The number of halogens is 1. The van der Waals surface area contributed by atoms with Gasteiger partial charge in [-0.25, -0.2) is 0 Å². The van der Waals surface area contributed by atoms with Crippen molar-refractivity contribution >= 4 is 20.8 Å². The Morgan fingerprint density at radius 2 is 1.07 bits per heavy atom. The van der Waals surface area contributed by atoms with Crippen LogP contribution in [0, 0.1) is 0 Å². The van der Waals surface area contributed by atoms with E-state index < -0.39 is 5.31 Å². The first-order chi connectivity index (χ1) is 6.53. The molecular weight excluding hydrogens is 267 g/mol. The van der Waals surface area contributed by atoms with E-state index in [0.717, 1.165) is 0 Å². The van der Waals surface area contributed by atoms with Crippen molar-refractivity contribution in [2.45, 2.75) is 71.1 Å². The Balaban J connectivity index is 3.28. The van der Waals surface area contributed by atoms with Gasteiger partial charge in [-0.2, -0.15) is 0 Å².